The lowest BCUT2D eigenvalue weighted by Gasteiger charge is -2.32. The summed E-state index contributed by atoms with van der Waals surface area (Å²) in [5.74, 6) is -1.17. The molecule has 0 aromatic heterocycles. The highest BCUT2D eigenvalue weighted by Gasteiger charge is 2.53. The minimum atomic E-state index is -3.34. The second-order valence-corrected chi connectivity index (χ2v) is 13.8. The third-order valence-electron chi connectivity index (χ3n) is 7.79. The molecule has 0 aliphatic carbocycles. The van der Waals surface area contributed by atoms with Gasteiger partial charge in [0.05, 0.1) is 32.2 Å². The molecule has 37 heavy (non-hydrogen) atoms. The average Bonchev–Trinajstić information content (AvgIpc) is 3.17. The van der Waals surface area contributed by atoms with Crippen LogP contribution in [0.3, 0.4) is 0 Å². The van der Waals surface area contributed by atoms with Gasteiger partial charge in [0.1, 0.15) is 16.3 Å². The van der Waals surface area contributed by atoms with Crippen LogP contribution in [0.15, 0.2) is 62.7 Å². The number of carbonyl (C=O) groups is 1. The first kappa shape index (κ1) is 27.9. The highest BCUT2D eigenvalue weighted by molar-refractivity contribution is 7.93. The number of benzene rings is 2. The first-order chi connectivity index (χ1) is 17.0. The SMILES string of the molecule is CC1(C)OB(c2cccc(S(=O)(=NCC(=O)O)c3cccc(B4OC(C)(C)C(C)(C)O4)c3)c2)OC1(C)C. The highest BCUT2D eigenvalue weighted by atomic mass is 32.2. The van der Waals surface area contributed by atoms with Crippen molar-refractivity contribution in [2.24, 2.45) is 4.36 Å². The van der Waals surface area contributed by atoms with Crippen LogP contribution in [0.1, 0.15) is 55.4 Å². The van der Waals surface area contributed by atoms with Gasteiger partial charge in [-0.25, -0.2) is 8.57 Å². The molecule has 0 bridgehead atoms. The predicted octanol–water partition coefficient (Wildman–Crippen LogP) is 3.26. The number of hydrogen-bond acceptors (Lipinski definition) is 7. The van der Waals surface area contributed by atoms with E-state index in [1.165, 1.54) is 0 Å². The molecule has 1 N–H and O–H groups in total. The zero-order valence-electron chi connectivity index (χ0n) is 22.7. The molecule has 198 valence electrons. The van der Waals surface area contributed by atoms with Crippen LogP contribution in [-0.4, -0.2) is 58.5 Å². The maximum Gasteiger partial charge on any atom is 0.494 e. The quantitative estimate of drug-likeness (QED) is 0.576. The lowest BCUT2D eigenvalue weighted by molar-refractivity contribution is -0.135. The molecule has 0 spiro atoms. The minimum absolute atomic E-state index is 0.368. The van der Waals surface area contributed by atoms with E-state index in [0.717, 1.165) is 0 Å². The molecule has 2 saturated heterocycles. The van der Waals surface area contributed by atoms with E-state index >= 15 is 0 Å². The summed E-state index contributed by atoms with van der Waals surface area (Å²) in [7, 11) is -4.66. The van der Waals surface area contributed by atoms with Crippen molar-refractivity contribution in [1.29, 1.82) is 0 Å². The molecule has 2 aliphatic heterocycles. The van der Waals surface area contributed by atoms with E-state index in [9.17, 15) is 14.1 Å². The molecule has 2 aliphatic rings. The van der Waals surface area contributed by atoms with Gasteiger partial charge in [0.15, 0.2) is 0 Å². The maximum atomic E-state index is 14.5. The van der Waals surface area contributed by atoms with E-state index in [-0.39, 0.29) is 0 Å². The fourth-order valence-corrected chi connectivity index (χ4v) is 6.04. The van der Waals surface area contributed by atoms with Gasteiger partial charge in [-0.15, -0.1) is 0 Å². The first-order valence-corrected chi connectivity index (χ1v) is 13.8. The van der Waals surface area contributed by atoms with Crippen molar-refractivity contribution in [2.45, 2.75) is 87.6 Å². The molecule has 2 fully saturated rings. The largest absolute Gasteiger partial charge is 0.494 e. The third kappa shape index (κ3) is 5.12. The van der Waals surface area contributed by atoms with Crippen LogP contribution in [0.2, 0.25) is 0 Å². The Labute approximate surface area is 220 Å². The van der Waals surface area contributed by atoms with E-state index in [0.29, 0.717) is 20.7 Å². The van der Waals surface area contributed by atoms with Gasteiger partial charge < -0.3 is 23.7 Å². The maximum absolute atomic E-state index is 14.5. The Morgan fingerprint density at radius 3 is 1.43 bits per heavy atom. The molecule has 2 aromatic rings. The van der Waals surface area contributed by atoms with Crippen molar-refractivity contribution in [3.05, 3.63) is 48.5 Å². The molecule has 11 heteroatoms. The van der Waals surface area contributed by atoms with E-state index < -0.39 is 58.9 Å². The van der Waals surface area contributed by atoms with Crippen molar-refractivity contribution >= 4 is 40.9 Å². The summed E-state index contributed by atoms with van der Waals surface area (Å²) in [6, 6.07) is 14.0. The minimum Gasteiger partial charge on any atom is -0.480 e. The average molecular weight is 527 g/mol. The number of carboxylic acid groups (broad SMARTS) is 1. The second kappa shape index (κ2) is 9.24. The van der Waals surface area contributed by atoms with Crippen LogP contribution in [0.5, 0.6) is 0 Å². The van der Waals surface area contributed by atoms with Crippen molar-refractivity contribution in [2.75, 3.05) is 6.54 Å². The molecule has 0 radical (unpaired) electrons. The number of carboxylic acids is 1. The van der Waals surface area contributed by atoms with Gasteiger partial charge in [0.25, 0.3) is 0 Å². The Hall–Kier alpha value is -2.17. The van der Waals surface area contributed by atoms with Gasteiger partial charge >= 0.3 is 20.2 Å². The van der Waals surface area contributed by atoms with Crippen LogP contribution in [-0.2, 0) is 33.1 Å². The Kier molecular flexibility index (Phi) is 6.95. The van der Waals surface area contributed by atoms with Crippen LogP contribution in [0.25, 0.3) is 0 Å². The number of hydrogen-bond donors (Lipinski definition) is 1. The lowest BCUT2D eigenvalue weighted by Crippen LogP contribution is -2.41. The first-order valence-electron chi connectivity index (χ1n) is 12.3. The van der Waals surface area contributed by atoms with E-state index in [2.05, 4.69) is 4.36 Å². The normalized spacial score (nSPS) is 21.7. The summed E-state index contributed by atoms with van der Waals surface area (Å²) in [6.07, 6.45) is 0. The fraction of sp³-hybridized carbons (Fsp3) is 0.500. The highest BCUT2D eigenvalue weighted by Crippen LogP contribution is 2.38. The standard InChI is InChI=1S/C26H35B2NO7S/c1-23(2)24(3,4)34-27(33-23)18-11-9-13-20(15-18)37(32,29-17-22(30)31)21-14-10-12-19(16-21)28-35-25(5,6)26(7,8)36-28/h9-16H,17H2,1-8H3,(H,30,31). The van der Waals surface area contributed by atoms with Crippen LogP contribution >= 0.6 is 0 Å². The smallest absolute Gasteiger partial charge is 0.480 e. The molecule has 4 rings (SSSR count). The summed E-state index contributed by atoms with van der Waals surface area (Å²) >= 11 is 0. The van der Waals surface area contributed by atoms with Crippen molar-refractivity contribution < 1.29 is 32.7 Å². The molecule has 0 saturated carbocycles. The molecular weight excluding hydrogens is 492 g/mol. The molecule has 0 unspecified atom stereocenters. The number of rotatable bonds is 6. The molecule has 0 atom stereocenters. The van der Waals surface area contributed by atoms with Crippen molar-refractivity contribution in [3.63, 3.8) is 0 Å². The van der Waals surface area contributed by atoms with Gasteiger partial charge in [-0.2, -0.15) is 0 Å². The second-order valence-electron chi connectivity index (χ2n) is 11.5. The molecule has 0 amide bonds. The van der Waals surface area contributed by atoms with Gasteiger partial charge in [-0.1, -0.05) is 24.3 Å². The monoisotopic (exact) mass is 527 g/mol. The molecular formula is C26H35B2NO7S. The number of nitrogens with zero attached hydrogens (tertiary/aromatic N) is 1. The van der Waals surface area contributed by atoms with Gasteiger partial charge in [-0.05, 0) is 90.6 Å². The van der Waals surface area contributed by atoms with Crippen LogP contribution < -0.4 is 10.9 Å². The van der Waals surface area contributed by atoms with Gasteiger partial charge in [0.2, 0.25) is 0 Å². The topological polar surface area (TPSA) is 104 Å². The number of aliphatic carboxylic acids is 1. The Morgan fingerprint density at radius 1 is 0.757 bits per heavy atom. The molecule has 8 nitrogen and oxygen atoms in total. The third-order valence-corrected chi connectivity index (χ3v) is 10.1. The summed E-state index contributed by atoms with van der Waals surface area (Å²) < 4.78 is 43.5. The van der Waals surface area contributed by atoms with Crippen LogP contribution in [0, 0.1) is 0 Å². The predicted molar refractivity (Wildman–Crippen MR) is 144 cm³/mol. The zero-order chi connectivity index (χ0) is 27.4. The Balaban J connectivity index is 1.77. The fourth-order valence-electron chi connectivity index (χ4n) is 4.06. The summed E-state index contributed by atoms with van der Waals surface area (Å²) in [6.45, 7) is 15.1. The Morgan fingerprint density at radius 2 is 1.11 bits per heavy atom. The summed E-state index contributed by atoms with van der Waals surface area (Å²) in [4.78, 5) is 12.2. The Bertz CT molecular complexity index is 1210. The van der Waals surface area contributed by atoms with Gasteiger partial charge in [-0.3, -0.25) is 4.79 Å². The summed E-state index contributed by atoms with van der Waals surface area (Å²) in [5.41, 5.74) is -0.812. The van der Waals surface area contributed by atoms with Crippen molar-refractivity contribution in [3.8, 4) is 0 Å². The zero-order valence-corrected chi connectivity index (χ0v) is 23.5. The van der Waals surface area contributed by atoms with E-state index in [1.807, 2.05) is 67.5 Å². The summed E-state index contributed by atoms with van der Waals surface area (Å²) in [5, 5.41) is 9.36. The molecule has 2 aromatic carbocycles. The molecule has 2 heterocycles. The van der Waals surface area contributed by atoms with Crippen LogP contribution in [0.4, 0.5) is 0 Å². The van der Waals surface area contributed by atoms with E-state index in [4.69, 9.17) is 18.6 Å². The lowest BCUT2D eigenvalue weighted by atomic mass is 9.79. The van der Waals surface area contributed by atoms with E-state index in [1.54, 1.807) is 36.4 Å². The van der Waals surface area contributed by atoms with Gasteiger partial charge in [0, 0.05) is 0 Å². The van der Waals surface area contributed by atoms with Crippen molar-refractivity contribution in [1.82, 2.24) is 0 Å².